The molecule has 1 fully saturated rings. The van der Waals surface area contributed by atoms with Crippen LogP contribution in [0.25, 0.3) is 0 Å². The fourth-order valence-corrected chi connectivity index (χ4v) is 7.90. The van der Waals surface area contributed by atoms with E-state index in [0.717, 1.165) is 17.0 Å². The van der Waals surface area contributed by atoms with Crippen molar-refractivity contribution in [3.05, 3.63) is 94.5 Å². The number of imide groups is 1. The zero-order valence-electron chi connectivity index (χ0n) is 25.1. The summed E-state index contributed by atoms with van der Waals surface area (Å²) in [4.78, 5) is 79.5. The van der Waals surface area contributed by atoms with Gasteiger partial charge in [-0.25, -0.2) is 4.90 Å². The molecule has 1 N–H and O–H groups in total. The van der Waals surface area contributed by atoms with E-state index in [4.69, 9.17) is 0 Å². The van der Waals surface area contributed by atoms with Gasteiger partial charge in [-0.1, -0.05) is 23.8 Å². The molecule has 0 radical (unpaired) electrons. The standard InChI is InChI=1S/C32H27BrN4O9/c1-13-7-15(8-14(2)29(13)39)25-17-5-6-18-26(19(17)11-20-27(25)24(38)12-21(33)30(20)40)32(42)35(31(18)41)16-9-22(36(43)44)28(34(3)4)23(10-16)37(45)46/h5,7-10,12,18-19,25-26,39H,6,11H2,1-4H3. The lowest BCUT2D eigenvalue weighted by atomic mass is 9.59. The van der Waals surface area contributed by atoms with Gasteiger partial charge in [0.15, 0.2) is 17.3 Å². The monoisotopic (exact) mass is 690 g/mol. The first-order valence-electron chi connectivity index (χ1n) is 14.3. The molecule has 46 heavy (non-hydrogen) atoms. The number of hydrogen-bond donors (Lipinski definition) is 1. The first kappa shape index (κ1) is 31.0. The van der Waals surface area contributed by atoms with E-state index < -0.39 is 62.5 Å². The number of carbonyl (C=O) groups is 4. The molecule has 0 spiro atoms. The van der Waals surface area contributed by atoms with Gasteiger partial charge in [0.1, 0.15) is 5.75 Å². The van der Waals surface area contributed by atoms with Crippen LogP contribution in [0.1, 0.15) is 35.4 Å². The van der Waals surface area contributed by atoms with Gasteiger partial charge in [0.25, 0.3) is 0 Å². The van der Waals surface area contributed by atoms with Gasteiger partial charge in [-0.2, -0.15) is 0 Å². The molecule has 236 valence electrons. The molecule has 1 aliphatic heterocycles. The number of amides is 2. The van der Waals surface area contributed by atoms with Crippen LogP contribution in [0.15, 0.2) is 57.6 Å². The van der Waals surface area contributed by atoms with Crippen LogP contribution < -0.4 is 9.80 Å². The largest absolute Gasteiger partial charge is 0.507 e. The van der Waals surface area contributed by atoms with Crippen molar-refractivity contribution in [1.82, 2.24) is 0 Å². The molecule has 1 saturated heterocycles. The maximum atomic E-state index is 14.3. The number of nitro groups is 2. The smallest absolute Gasteiger partial charge is 0.301 e. The van der Waals surface area contributed by atoms with Gasteiger partial charge < -0.3 is 10.0 Å². The van der Waals surface area contributed by atoms with Gasteiger partial charge in [0, 0.05) is 49.4 Å². The second-order valence-electron chi connectivity index (χ2n) is 12.2. The van der Waals surface area contributed by atoms with E-state index in [9.17, 15) is 44.5 Å². The number of allylic oxidation sites excluding steroid dienone is 6. The van der Waals surface area contributed by atoms with Crippen LogP contribution in [0.3, 0.4) is 0 Å². The average molecular weight is 691 g/mol. The van der Waals surface area contributed by atoms with Crippen molar-refractivity contribution < 1.29 is 34.1 Å². The fraction of sp³-hybridized carbons (Fsp3) is 0.312. The molecule has 4 unspecified atom stereocenters. The van der Waals surface area contributed by atoms with Gasteiger partial charge in [0.05, 0.1) is 31.9 Å². The highest BCUT2D eigenvalue weighted by molar-refractivity contribution is 9.12. The van der Waals surface area contributed by atoms with Crippen LogP contribution >= 0.6 is 15.9 Å². The third kappa shape index (κ3) is 4.49. The van der Waals surface area contributed by atoms with E-state index in [0.29, 0.717) is 22.3 Å². The highest BCUT2D eigenvalue weighted by Crippen LogP contribution is 2.56. The topological polar surface area (TPSA) is 181 Å². The van der Waals surface area contributed by atoms with Crippen LogP contribution in [-0.4, -0.2) is 52.4 Å². The summed E-state index contributed by atoms with van der Waals surface area (Å²) in [6.07, 6.45) is 3.14. The highest BCUT2D eigenvalue weighted by atomic mass is 79.9. The fourth-order valence-electron chi connectivity index (χ4n) is 7.45. The Bertz CT molecular complexity index is 1880. The Morgan fingerprint density at radius 3 is 2.07 bits per heavy atom. The molecule has 2 aromatic carbocycles. The lowest BCUT2D eigenvalue weighted by molar-refractivity contribution is -0.392. The van der Waals surface area contributed by atoms with Crippen LogP contribution in [0, 0.1) is 51.8 Å². The van der Waals surface area contributed by atoms with Crippen LogP contribution in [0.4, 0.5) is 22.7 Å². The number of halogens is 1. The second kappa shape index (κ2) is 10.8. The average Bonchev–Trinajstić information content (AvgIpc) is 3.25. The lowest BCUT2D eigenvalue weighted by Gasteiger charge is -2.42. The van der Waals surface area contributed by atoms with Crippen LogP contribution in [0.5, 0.6) is 5.75 Å². The van der Waals surface area contributed by atoms with Crippen LogP contribution in [-0.2, 0) is 19.2 Å². The number of rotatable bonds is 5. The summed E-state index contributed by atoms with van der Waals surface area (Å²) in [7, 11) is 2.82. The molecule has 3 aliphatic carbocycles. The van der Waals surface area contributed by atoms with E-state index in [1.807, 2.05) is 6.08 Å². The minimum absolute atomic E-state index is 0.00484. The number of ketones is 2. The normalized spacial score (nSPS) is 23.9. The lowest BCUT2D eigenvalue weighted by Crippen LogP contribution is -2.39. The Labute approximate surface area is 270 Å². The number of phenolic OH excluding ortho intramolecular Hbond substituents is 1. The van der Waals surface area contributed by atoms with Crippen molar-refractivity contribution in [3.8, 4) is 5.75 Å². The third-order valence-electron chi connectivity index (χ3n) is 9.33. The number of aryl methyl sites for hydroxylation is 2. The number of carbonyl (C=O) groups excluding carboxylic acids is 4. The Hall–Kier alpha value is -4.98. The Morgan fingerprint density at radius 1 is 0.935 bits per heavy atom. The molecule has 0 bridgehead atoms. The summed E-state index contributed by atoms with van der Waals surface area (Å²) in [5.74, 6) is -5.37. The molecular weight excluding hydrogens is 664 g/mol. The van der Waals surface area contributed by atoms with Crippen molar-refractivity contribution in [1.29, 1.82) is 0 Å². The van der Waals surface area contributed by atoms with Gasteiger partial charge in [0.2, 0.25) is 11.8 Å². The summed E-state index contributed by atoms with van der Waals surface area (Å²) in [5.41, 5.74) is 1.07. The Kier molecular flexibility index (Phi) is 7.30. The number of aromatic hydroxyl groups is 1. The van der Waals surface area contributed by atoms with E-state index in [1.54, 1.807) is 26.0 Å². The molecule has 2 aromatic rings. The number of fused-ring (bicyclic) bond motifs is 3. The van der Waals surface area contributed by atoms with E-state index in [-0.39, 0.29) is 51.4 Å². The summed E-state index contributed by atoms with van der Waals surface area (Å²) in [5, 5.41) is 34.5. The molecule has 1 heterocycles. The molecule has 14 heteroatoms. The number of anilines is 2. The molecule has 4 atom stereocenters. The van der Waals surface area contributed by atoms with Gasteiger partial charge in [-0.3, -0.25) is 39.4 Å². The maximum absolute atomic E-state index is 14.3. The number of Topliss-reactive ketones (excluding diaryl/α,β-unsaturated/α-hetero) is 1. The van der Waals surface area contributed by atoms with Crippen molar-refractivity contribution in [2.75, 3.05) is 23.9 Å². The summed E-state index contributed by atoms with van der Waals surface area (Å²) in [6, 6.07) is 5.44. The first-order valence-corrected chi connectivity index (χ1v) is 15.1. The Morgan fingerprint density at radius 2 is 1.52 bits per heavy atom. The quantitative estimate of drug-likeness (QED) is 0.150. The molecule has 4 aliphatic rings. The molecule has 0 aromatic heterocycles. The minimum Gasteiger partial charge on any atom is -0.507 e. The maximum Gasteiger partial charge on any atom is 0.301 e. The number of nitro benzene ring substituents is 2. The minimum atomic E-state index is -0.998. The molecule has 6 rings (SSSR count). The summed E-state index contributed by atoms with van der Waals surface area (Å²) >= 11 is 3.19. The zero-order valence-corrected chi connectivity index (χ0v) is 26.7. The number of benzene rings is 2. The van der Waals surface area contributed by atoms with Crippen molar-refractivity contribution >= 4 is 62.1 Å². The first-order chi connectivity index (χ1) is 21.6. The molecule has 0 saturated carbocycles. The van der Waals surface area contributed by atoms with Crippen molar-refractivity contribution in [3.63, 3.8) is 0 Å². The highest BCUT2D eigenvalue weighted by Gasteiger charge is 2.57. The third-order valence-corrected chi connectivity index (χ3v) is 9.92. The van der Waals surface area contributed by atoms with E-state index >= 15 is 0 Å². The molecule has 13 nitrogen and oxygen atoms in total. The zero-order chi connectivity index (χ0) is 33.5. The number of nitrogens with zero attached hydrogens (tertiary/aromatic N) is 4. The van der Waals surface area contributed by atoms with E-state index in [2.05, 4.69) is 15.9 Å². The van der Waals surface area contributed by atoms with Gasteiger partial charge >= 0.3 is 11.4 Å². The molecular formula is C32H27BrN4O9. The van der Waals surface area contributed by atoms with Gasteiger partial charge in [-0.05, 0) is 65.2 Å². The molecule has 2 amide bonds. The Balaban J connectivity index is 1.50. The van der Waals surface area contributed by atoms with Crippen LogP contribution in [0.2, 0.25) is 0 Å². The predicted octanol–water partition coefficient (Wildman–Crippen LogP) is 4.86. The van der Waals surface area contributed by atoms with Crippen molar-refractivity contribution in [2.45, 2.75) is 32.6 Å². The number of hydrogen-bond acceptors (Lipinski definition) is 10. The van der Waals surface area contributed by atoms with Crippen molar-refractivity contribution in [2.24, 2.45) is 17.8 Å². The number of phenols is 1. The SMILES string of the molecule is Cc1cc(C2C3=CCC4C(=O)N(c5cc([N+](=O)[O-])c(N(C)C)c([N+](=O)[O-])c5)C(=O)C4C3CC3=C2C(=O)C=C(Br)C3=O)cc(C)c1O. The summed E-state index contributed by atoms with van der Waals surface area (Å²) in [6.45, 7) is 3.43. The second-order valence-corrected chi connectivity index (χ2v) is 13.0. The van der Waals surface area contributed by atoms with Gasteiger partial charge in [-0.15, -0.1) is 0 Å². The van der Waals surface area contributed by atoms with E-state index in [1.165, 1.54) is 25.1 Å². The predicted molar refractivity (Wildman–Crippen MR) is 169 cm³/mol. The summed E-state index contributed by atoms with van der Waals surface area (Å²) < 4.78 is 0.0731.